The Morgan fingerprint density at radius 3 is 2.38 bits per heavy atom. The molecule has 1 nitrogen and oxygen atoms in total. The van der Waals surface area contributed by atoms with E-state index in [0.717, 1.165) is 12.1 Å². The molecule has 13 heavy (non-hydrogen) atoms. The van der Waals surface area contributed by atoms with Gasteiger partial charge in [0.25, 0.3) is 0 Å². The van der Waals surface area contributed by atoms with E-state index in [1.165, 1.54) is 12.1 Å². The van der Waals surface area contributed by atoms with E-state index >= 15 is 0 Å². The Labute approximate surface area is 81.1 Å². The van der Waals surface area contributed by atoms with Gasteiger partial charge in [0, 0.05) is 0 Å². The Morgan fingerprint density at radius 1 is 1.31 bits per heavy atom. The number of benzene rings is 1. The Bertz CT molecular complexity index is 332. The van der Waals surface area contributed by atoms with E-state index in [1.807, 2.05) is 0 Å². The molecule has 5 heteroatoms. The zero-order chi connectivity index (χ0) is 10.1. The second kappa shape index (κ2) is 3.52. The third-order valence-corrected chi connectivity index (χ3v) is 1.97. The first-order chi connectivity index (χ1) is 5.91. The minimum absolute atomic E-state index is 0.256. The van der Waals surface area contributed by atoms with Crippen LogP contribution in [0.1, 0.15) is 11.1 Å². The molecule has 70 valence electrons. The number of nitrogens with two attached hydrogens (primary N) is 1. The molecular weight excluding hydrogens is 246 g/mol. The molecule has 0 atom stereocenters. The molecule has 0 saturated heterocycles. The summed E-state index contributed by atoms with van der Waals surface area (Å²) in [6.07, 6.45) is -4.31. The fourth-order valence-corrected chi connectivity index (χ4v) is 1.12. The molecule has 0 unspecified atom stereocenters. The van der Waals surface area contributed by atoms with E-state index in [2.05, 4.69) is 15.6 Å². The second-order valence-electron chi connectivity index (χ2n) is 2.44. The molecule has 0 fully saturated rings. The van der Waals surface area contributed by atoms with Crippen LogP contribution < -0.4 is 5.73 Å². The Kier molecular flexibility index (Phi) is 2.78. The number of hydrogen-bond donors (Lipinski definition) is 1. The van der Waals surface area contributed by atoms with Crippen molar-refractivity contribution in [1.82, 2.24) is 0 Å². The standard InChI is InChI=1S/C8H6F3NSe/c9-8(10,11)6-3-1-2-5(4-6)7(12)13/h1-4H,(H2,12,13). The maximum atomic E-state index is 12.2. The van der Waals surface area contributed by atoms with E-state index in [1.54, 1.807) is 0 Å². The molecule has 0 bridgehead atoms. The predicted molar refractivity (Wildman–Crippen MR) is 45.5 cm³/mol. The van der Waals surface area contributed by atoms with Crippen LogP contribution >= 0.6 is 0 Å². The van der Waals surface area contributed by atoms with Gasteiger partial charge in [-0.05, 0) is 0 Å². The van der Waals surface area contributed by atoms with Crippen molar-refractivity contribution >= 4 is 20.1 Å². The summed E-state index contributed by atoms with van der Waals surface area (Å²) in [5.41, 5.74) is 4.98. The molecule has 0 saturated carbocycles. The summed E-state index contributed by atoms with van der Waals surface area (Å²) >= 11 is 2.46. The third-order valence-electron chi connectivity index (χ3n) is 1.47. The fourth-order valence-electron chi connectivity index (χ4n) is 0.849. The van der Waals surface area contributed by atoms with Crippen LogP contribution in [0.2, 0.25) is 0 Å². The van der Waals surface area contributed by atoms with E-state index in [-0.39, 0.29) is 4.54 Å². The van der Waals surface area contributed by atoms with Crippen LogP contribution in [-0.4, -0.2) is 20.1 Å². The van der Waals surface area contributed by atoms with Crippen molar-refractivity contribution in [2.75, 3.05) is 0 Å². The van der Waals surface area contributed by atoms with Gasteiger partial charge in [-0.1, -0.05) is 0 Å². The van der Waals surface area contributed by atoms with Gasteiger partial charge in [-0.25, -0.2) is 0 Å². The molecule has 1 rings (SSSR count). The normalized spacial score (nSPS) is 11.3. The first-order valence-corrected chi connectivity index (χ1v) is 4.24. The summed E-state index contributed by atoms with van der Waals surface area (Å²) in [4.78, 5) is 0. The molecule has 0 aliphatic heterocycles. The van der Waals surface area contributed by atoms with Gasteiger partial charge in [-0.2, -0.15) is 0 Å². The van der Waals surface area contributed by atoms with Crippen LogP contribution in [0.4, 0.5) is 13.2 Å². The van der Waals surface area contributed by atoms with Crippen molar-refractivity contribution in [3.8, 4) is 0 Å². The zero-order valence-corrected chi connectivity index (χ0v) is 8.14. The topological polar surface area (TPSA) is 26.0 Å². The third kappa shape index (κ3) is 2.57. The summed E-state index contributed by atoms with van der Waals surface area (Å²) in [5.74, 6) is 0. The summed E-state index contributed by atoms with van der Waals surface area (Å²) < 4.78 is 36.8. The first-order valence-electron chi connectivity index (χ1n) is 3.38. The van der Waals surface area contributed by atoms with Crippen molar-refractivity contribution in [1.29, 1.82) is 0 Å². The molecule has 0 amide bonds. The van der Waals surface area contributed by atoms with Crippen LogP contribution in [0.15, 0.2) is 24.3 Å². The van der Waals surface area contributed by atoms with Gasteiger partial charge in [-0.15, -0.1) is 0 Å². The fraction of sp³-hybridized carbons (Fsp3) is 0.125. The van der Waals surface area contributed by atoms with E-state index < -0.39 is 11.7 Å². The number of hydrogen-bond acceptors (Lipinski definition) is 1. The van der Waals surface area contributed by atoms with Gasteiger partial charge in [0.2, 0.25) is 0 Å². The molecule has 0 radical (unpaired) electrons. The average molecular weight is 252 g/mol. The van der Waals surface area contributed by atoms with E-state index in [9.17, 15) is 13.2 Å². The number of halogens is 3. The summed E-state index contributed by atoms with van der Waals surface area (Å²) in [6.45, 7) is 0. The molecule has 0 aliphatic rings. The van der Waals surface area contributed by atoms with Crippen molar-refractivity contribution < 1.29 is 13.2 Å². The molecule has 0 aliphatic carbocycles. The Morgan fingerprint density at radius 2 is 1.92 bits per heavy atom. The van der Waals surface area contributed by atoms with Crippen molar-refractivity contribution in [2.45, 2.75) is 6.18 Å². The predicted octanol–water partition coefficient (Wildman–Crippen LogP) is 1.31. The maximum absolute atomic E-state index is 12.2. The van der Waals surface area contributed by atoms with Gasteiger partial charge in [0.15, 0.2) is 0 Å². The average Bonchev–Trinajstić information content (AvgIpc) is 2.03. The van der Waals surface area contributed by atoms with E-state index in [4.69, 9.17) is 5.73 Å². The van der Waals surface area contributed by atoms with Crippen LogP contribution in [0, 0.1) is 0 Å². The van der Waals surface area contributed by atoms with Crippen molar-refractivity contribution in [2.24, 2.45) is 5.73 Å². The molecule has 2 N–H and O–H groups in total. The minimum atomic E-state index is -4.31. The molecule has 0 heterocycles. The summed E-state index contributed by atoms with van der Waals surface area (Å²) in [5, 5.41) is 0. The quantitative estimate of drug-likeness (QED) is 0.749. The zero-order valence-electron chi connectivity index (χ0n) is 6.43. The molecule has 1 aromatic rings. The number of rotatable bonds is 1. The van der Waals surface area contributed by atoms with Crippen LogP contribution in [-0.2, 0) is 6.18 Å². The number of alkyl halides is 3. The molecular formula is C8H6F3NSe. The van der Waals surface area contributed by atoms with Gasteiger partial charge in [0.05, 0.1) is 0 Å². The van der Waals surface area contributed by atoms with Crippen LogP contribution in [0.3, 0.4) is 0 Å². The summed E-state index contributed by atoms with van der Waals surface area (Å²) in [7, 11) is 0. The Balaban J connectivity index is 3.13. The van der Waals surface area contributed by atoms with Crippen LogP contribution in [0.5, 0.6) is 0 Å². The SMILES string of the molecule is NC(=[Se])c1cccc(C(F)(F)F)c1. The van der Waals surface area contributed by atoms with E-state index in [0.29, 0.717) is 5.56 Å². The molecule has 1 aromatic carbocycles. The second-order valence-corrected chi connectivity index (χ2v) is 3.37. The van der Waals surface area contributed by atoms with Crippen LogP contribution in [0.25, 0.3) is 0 Å². The molecule has 0 spiro atoms. The summed E-state index contributed by atoms with van der Waals surface area (Å²) in [6, 6.07) is 4.85. The van der Waals surface area contributed by atoms with Gasteiger partial charge >= 0.3 is 80.6 Å². The van der Waals surface area contributed by atoms with Gasteiger partial charge < -0.3 is 0 Å². The van der Waals surface area contributed by atoms with Gasteiger partial charge in [0.1, 0.15) is 0 Å². The van der Waals surface area contributed by atoms with Crippen molar-refractivity contribution in [3.63, 3.8) is 0 Å². The monoisotopic (exact) mass is 253 g/mol. The van der Waals surface area contributed by atoms with Gasteiger partial charge in [-0.3, -0.25) is 0 Å². The Hall–Kier alpha value is -0.801. The molecule has 0 aromatic heterocycles. The van der Waals surface area contributed by atoms with Crippen molar-refractivity contribution in [3.05, 3.63) is 35.4 Å². The first kappa shape index (κ1) is 10.3.